The maximum Gasteiger partial charge on any atom is 0.344 e. The third-order valence-corrected chi connectivity index (χ3v) is 4.79. The molecule has 1 heterocycles. The van der Waals surface area contributed by atoms with Crippen LogP contribution in [0, 0.1) is 11.3 Å². The Kier molecular flexibility index (Phi) is 8.18. The molecule has 2 aromatic rings. The molecule has 0 atom stereocenters. The Morgan fingerprint density at radius 3 is 2.59 bits per heavy atom. The van der Waals surface area contributed by atoms with Crippen molar-refractivity contribution in [2.75, 3.05) is 25.1 Å². The van der Waals surface area contributed by atoms with Gasteiger partial charge >= 0.3 is 11.9 Å². The van der Waals surface area contributed by atoms with Crippen LogP contribution in [0.2, 0.25) is 0 Å². The smallest absolute Gasteiger partial charge is 0.344 e. The molecule has 1 aromatic carbocycles. The van der Waals surface area contributed by atoms with E-state index in [-0.39, 0.29) is 23.5 Å². The molecule has 0 spiro atoms. The highest BCUT2D eigenvalue weighted by atomic mass is 32.1. The molecule has 0 unspecified atom stereocenters. The number of hydrogen-bond donors (Lipinski definition) is 1. The zero-order chi connectivity index (χ0) is 21.2. The number of hydrogen-bond acceptors (Lipinski definition) is 8. The molecular formula is C20H20N2O6S. The minimum Gasteiger partial charge on any atom is -0.481 e. The molecule has 0 aliphatic rings. The first-order chi connectivity index (χ1) is 14.0. The van der Waals surface area contributed by atoms with Crippen LogP contribution in [-0.2, 0) is 25.5 Å². The highest BCUT2D eigenvalue weighted by Crippen LogP contribution is 2.29. The average molecular weight is 416 g/mol. The number of nitriles is 1. The normalized spacial score (nSPS) is 9.97. The number of nitrogens with one attached hydrogen (secondary N) is 1. The summed E-state index contributed by atoms with van der Waals surface area (Å²) in [7, 11) is 0. The molecule has 0 saturated heterocycles. The second-order valence-electron chi connectivity index (χ2n) is 5.64. The zero-order valence-corrected chi connectivity index (χ0v) is 16.8. The Labute approximate surface area is 172 Å². The van der Waals surface area contributed by atoms with Crippen LogP contribution in [-0.4, -0.2) is 37.7 Å². The number of aryl methyl sites for hydroxylation is 1. The third kappa shape index (κ3) is 6.33. The van der Waals surface area contributed by atoms with Gasteiger partial charge in [-0.25, -0.2) is 9.59 Å². The van der Waals surface area contributed by atoms with E-state index in [0.717, 1.165) is 4.88 Å². The highest BCUT2D eigenvalue weighted by molar-refractivity contribution is 7.16. The van der Waals surface area contributed by atoms with Crippen molar-refractivity contribution in [2.45, 2.75) is 20.3 Å². The van der Waals surface area contributed by atoms with Gasteiger partial charge in [0.25, 0.3) is 5.91 Å². The van der Waals surface area contributed by atoms with Gasteiger partial charge in [0, 0.05) is 4.88 Å². The van der Waals surface area contributed by atoms with Crippen molar-refractivity contribution in [1.82, 2.24) is 0 Å². The molecule has 0 fully saturated rings. The summed E-state index contributed by atoms with van der Waals surface area (Å²) >= 11 is 1.26. The van der Waals surface area contributed by atoms with E-state index in [1.807, 2.05) is 13.0 Å². The van der Waals surface area contributed by atoms with Crippen LogP contribution in [0.3, 0.4) is 0 Å². The summed E-state index contributed by atoms with van der Waals surface area (Å²) in [5.41, 5.74) is 0.554. The molecule has 8 nitrogen and oxygen atoms in total. The van der Waals surface area contributed by atoms with Crippen LogP contribution < -0.4 is 10.1 Å². The quantitative estimate of drug-likeness (QED) is 0.625. The Morgan fingerprint density at radius 1 is 1.14 bits per heavy atom. The average Bonchev–Trinajstić information content (AvgIpc) is 3.14. The number of nitrogens with zero attached hydrogens (tertiary/aromatic N) is 1. The summed E-state index contributed by atoms with van der Waals surface area (Å²) in [5.74, 6) is -1.63. The topological polar surface area (TPSA) is 115 Å². The van der Waals surface area contributed by atoms with Crippen LogP contribution in [0.5, 0.6) is 5.75 Å². The zero-order valence-electron chi connectivity index (χ0n) is 16.0. The van der Waals surface area contributed by atoms with Gasteiger partial charge in [-0.2, -0.15) is 5.26 Å². The number of rotatable bonds is 9. The van der Waals surface area contributed by atoms with E-state index in [2.05, 4.69) is 5.32 Å². The van der Waals surface area contributed by atoms with Crippen molar-refractivity contribution in [3.8, 4) is 11.8 Å². The molecule has 9 heteroatoms. The number of para-hydroxylation sites is 1. The molecule has 29 heavy (non-hydrogen) atoms. The second kappa shape index (κ2) is 10.8. The number of thiophene rings is 1. The number of amides is 1. The number of carbonyl (C=O) groups excluding carboxylic acids is 3. The van der Waals surface area contributed by atoms with Gasteiger partial charge in [0.15, 0.2) is 13.2 Å². The summed E-state index contributed by atoms with van der Waals surface area (Å²) in [5, 5.41) is 11.9. The number of anilines is 1. The minimum atomic E-state index is -0.765. The van der Waals surface area contributed by atoms with Crippen LogP contribution >= 0.6 is 11.3 Å². The van der Waals surface area contributed by atoms with Crippen molar-refractivity contribution in [1.29, 1.82) is 5.26 Å². The van der Waals surface area contributed by atoms with E-state index in [9.17, 15) is 14.4 Å². The van der Waals surface area contributed by atoms with Crippen molar-refractivity contribution >= 4 is 34.2 Å². The van der Waals surface area contributed by atoms with E-state index in [1.165, 1.54) is 11.3 Å². The Morgan fingerprint density at radius 2 is 1.90 bits per heavy atom. The maximum atomic E-state index is 12.1. The molecule has 0 bridgehead atoms. The standard InChI is InChI=1S/C20H20N2O6S/c1-3-14-9-15(20(25)26-4-2)19(29-14)22-17(23)11-28-18(24)12-27-16-8-6-5-7-13(16)10-21/h5-9H,3-4,11-12H2,1-2H3,(H,22,23). The molecule has 1 N–H and O–H groups in total. The number of ether oxygens (including phenoxy) is 3. The Bertz CT molecular complexity index is 931. The van der Waals surface area contributed by atoms with Crippen LogP contribution in [0.15, 0.2) is 30.3 Å². The Balaban J connectivity index is 1.88. The molecule has 0 aliphatic carbocycles. The van der Waals surface area contributed by atoms with E-state index in [4.69, 9.17) is 19.5 Å². The lowest BCUT2D eigenvalue weighted by atomic mass is 10.2. The van der Waals surface area contributed by atoms with Gasteiger partial charge < -0.3 is 19.5 Å². The first-order valence-corrected chi connectivity index (χ1v) is 9.67. The minimum absolute atomic E-state index is 0.218. The molecule has 2 rings (SSSR count). The van der Waals surface area contributed by atoms with Gasteiger partial charge in [-0.05, 0) is 31.5 Å². The maximum absolute atomic E-state index is 12.1. The first kappa shape index (κ1) is 21.9. The predicted octanol–water partition coefficient (Wildman–Crippen LogP) is 2.92. The summed E-state index contributed by atoms with van der Waals surface area (Å²) in [6, 6.07) is 10.1. The monoisotopic (exact) mass is 416 g/mol. The van der Waals surface area contributed by atoms with Crippen LogP contribution in [0.4, 0.5) is 5.00 Å². The molecule has 1 aromatic heterocycles. The second-order valence-corrected chi connectivity index (χ2v) is 6.77. The van der Waals surface area contributed by atoms with E-state index in [1.54, 1.807) is 37.3 Å². The van der Waals surface area contributed by atoms with Gasteiger partial charge in [0.1, 0.15) is 16.8 Å². The fourth-order valence-electron chi connectivity index (χ4n) is 2.24. The molecule has 0 saturated carbocycles. The van der Waals surface area contributed by atoms with E-state index in [0.29, 0.717) is 11.4 Å². The van der Waals surface area contributed by atoms with E-state index >= 15 is 0 Å². The van der Waals surface area contributed by atoms with Gasteiger partial charge in [-0.15, -0.1) is 11.3 Å². The largest absolute Gasteiger partial charge is 0.481 e. The predicted molar refractivity (Wildman–Crippen MR) is 106 cm³/mol. The van der Waals surface area contributed by atoms with Crippen molar-refractivity contribution in [3.05, 3.63) is 46.3 Å². The highest BCUT2D eigenvalue weighted by Gasteiger charge is 2.19. The van der Waals surface area contributed by atoms with Crippen molar-refractivity contribution < 1.29 is 28.6 Å². The van der Waals surface area contributed by atoms with Gasteiger partial charge in [-0.3, -0.25) is 4.79 Å². The fraction of sp³-hybridized carbons (Fsp3) is 0.300. The van der Waals surface area contributed by atoms with Gasteiger partial charge in [-0.1, -0.05) is 19.1 Å². The Hall–Kier alpha value is -3.38. The number of benzene rings is 1. The third-order valence-electron chi connectivity index (χ3n) is 3.60. The lowest BCUT2D eigenvalue weighted by Crippen LogP contribution is -2.24. The molecule has 152 valence electrons. The summed E-state index contributed by atoms with van der Waals surface area (Å²) in [4.78, 5) is 36.8. The molecule has 0 radical (unpaired) electrons. The van der Waals surface area contributed by atoms with Gasteiger partial charge in [0.05, 0.1) is 17.7 Å². The number of carbonyl (C=O) groups is 3. The molecular weight excluding hydrogens is 396 g/mol. The summed E-state index contributed by atoms with van der Waals surface area (Å²) in [6.07, 6.45) is 0.698. The fourth-order valence-corrected chi connectivity index (χ4v) is 3.24. The van der Waals surface area contributed by atoms with Crippen molar-refractivity contribution in [2.24, 2.45) is 0 Å². The summed E-state index contributed by atoms with van der Waals surface area (Å²) in [6.45, 7) is 2.86. The van der Waals surface area contributed by atoms with Crippen LogP contribution in [0.1, 0.15) is 34.6 Å². The SMILES string of the molecule is CCOC(=O)c1cc(CC)sc1NC(=O)COC(=O)COc1ccccc1C#N. The van der Waals surface area contributed by atoms with Crippen molar-refractivity contribution in [3.63, 3.8) is 0 Å². The van der Waals surface area contributed by atoms with Gasteiger partial charge in [0.2, 0.25) is 0 Å². The lowest BCUT2D eigenvalue weighted by molar-refractivity contribution is -0.149. The first-order valence-electron chi connectivity index (χ1n) is 8.85. The van der Waals surface area contributed by atoms with Crippen LogP contribution in [0.25, 0.3) is 0 Å². The molecule has 0 aliphatic heterocycles. The summed E-state index contributed by atoms with van der Waals surface area (Å²) < 4.78 is 15.1. The molecule has 1 amide bonds. The lowest BCUT2D eigenvalue weighted by Gasteiger charge is -2.09. The number of esters is 2. The van der Waals surface area contributed by atoms with E-state index < -0.39 is 31.1 Å².